The number of aliphatic imine (C=N–C) groups is 1. The summed E-state index contributed by atoms with van der Waals surface area (Å²) in [6.45, 7) is 3.31. The van der Waals surface area contributed by atoms with Gasteiger partial charge < -0.3 is 34.9 Å². The molecule has 220 valence electrons. The number of amidine groups is 2. The second kappa shape index (κ2) is 11.9. The molecule has 3 heterocycles. The van der Waals surface area contributed by atoms with Crippen molar-refractivity contribution in [1.82, 2.24) is 9.88 Å². The molecule has 5 rings (SSSR count). The SMILES string of the molecule is CCOC(=O)C1CCCN1c1c(F)c(Oc2cccc(C3=NCCN3C)c2)nc(Oc2cc(C(=N)N)ccc2O)c1F. The van der Waals surface area contributed by atoms with E-state index in [1.807, 2.05) is 18.0 Å². The van der Waals surface area contributed by atoms with E-state index in [9.17, 15) is 9.90 Å². The van der Waals surface area contributed by atoms with Crippen molar-refractivity contribution in [2.75, 3.05) is 38.2 Å². The number of nitrogens with two attached hydrogens (primary N) is 1. The molecule has 2 aliphatic rings. The van der Waals surface area contributed by atoms with Crippen LogP contribution in [0, 0.1) is 17.0 Å². The number of carbonyl (C=O) groups excluding carboxylic acids is 1. The number of phenols is 1. The average Bonchev–Trinajstić information content (AvgIpc) is 3.62. The van der Waals surface area contributed by atoms with Crippen LogP contribution in [0.1, 0.15) is 30.9 Å². The van der Waals surface area contributed by atoms with E-state index in [0.717, 1.165) is 17.9 Å². The van der Waals surface area contributed by atoms with Crippen LogP contribution in [-0.4, -0.2) is 72.0 Å². The first-order valence-electron chi connectivity index (χ1n) is 13.4. The van der Waals surface area contributed by atoms with Crippen molar-refractivity contribution in [2.45, 2.75) is 25.8 Å². The molecule has 3 aromatic rings. The Balaban J connectivity index is 1.59. The fourth-order valence-corrected chi connectivity index (χ4v) is 4.92. The molecule has 13 heteroatoms. The number of nitrogens with one attached hydrogen (secondary N) is 1. The van der Waals surface area contributed by atoms with Crippen LogP contribution in [0.3, 0.4) is 0 Å². The largest absolute Gasteiger partial charge is 0.504 e. The normalized spacial score (nSPS) is 16.4. The number of ether oxygens (including phenoxy) is 3. The van der Waals surface area contributed by atoms with E-state index < -0.39 is 46.8 Å². The molecule has 11 nitrogen and oxygen atoms in total. The molecule has 1 aromatic heterocycles. The van der Waals surface area contributed by atoms with Gasteiger partial charge in [-0.05, 0) is 50.1 Å². The molecular weight excluding hydrogens is 550 g/mol. The van der Waals surface area contributed by atoms with Crippen LogP contribution < -0.4 is 20.1 Å². The highest BCUT2D eigenvalue weighted by molar-refractivity contribution is 6.00. The van der Waals surface area contributed by atoms with E-state index in [1.165, 1.54) is 23.1 Å². The minimum atomic E-state index is -1.21. The summed E-state index contributed by atoms with van der Waals surface area (Å²) in [6.07, 6.45) is 0.807. The maximum atomic E-state index is 16.1. The highest BCUT2D eigenvalue weighted by Crippen LogP contribution is 2.42. The molecule has 2 aromatic carbocycles. The Kier molecular flexibility index (Phi) is 8.09. The first-order chi connectivity index (χ1) is 20.2. The summed E-state index contributed by atoms with van der Waals surface area (Å²) in [5.74, 6) is -4.33. The Morgan fingerprint density at radius 3 is 2.60 bits per heavy atom. The summed E-state index contributed by atoms with van der Waals surface area (Å²) < 4.78 is 48.8. The third-order valence-electron chi connectivity index (χ3n) is 6.94. The molecule has 0 saturated carbocycles. The average molecular weight is 581 g/mol. The molecule has 2 aliphatic heterocycles. The smallest absolute Gasteiger partial charge is 0.328 e. The summed E-state index contributed by atoms with van der Waals surface area (Å²) >= 11 is 0. The predicted molar refractivity (Wildman–Crippen MR) is 151 cm³/mol. The molecule has 1 atom stereocenters. The molecule has 1 unspecified atom stereocenters. The first-order valence-corrected chi connectivity index (χ1v) is 13.4. The minimum Gasteiger partial charge on any atom is -0.504 e. The van der Waals surface area contributed by atoms with Gasteiger partial charge in [0.05, 0.1) is 13.2 Å². The second-order valence-corrected chi connectivity index (χ2v) is 9.76. The van der Waals surface area contributed by atoms with Gasteiger partial charge in [0.1, 0.15) is 29.1 Å². The molecule has 0 bridgehead atoms. The fourth-order valence-electron chi connectivity index (χ4n) is 4.92. The van der Waals surface area contributed by atoms with Crippen LogP contribution in [0.2, 0.25) is 0 Å². The van der Waals surface area contributed by atoms with Crippen LogP contribution in [0.4, 0.5) is 14.5 Å². The topological polar surface area (TPSA) is 147 Å². The maximum absolute atomic E-state index is 16.1. The van der Waals surface area contributed by atoms with Crippen molar-refractivity contribution >= 4 is 23.3 Å². The number of aromatic hydroxyl groups is 1. The quantitative estimate of drug-likeness (QED) is 0.193. The number of aromatic nitrogens is 1. The zero-order valence-corrected chi connectivity index (χ0v) is 23.1. The fraction of sp³-hybridized carbons (Fsp3) is 0.310. The van der Waals surface area contributed by atoms with Crippen LogP contribution in [0.25, 0.3) is 0 Å². The molecule has 0 radical (unpaired) electrons. The summed E-state index contributed by atoms with van der Waals surface area (Å²) in [4.78, 5) is 24.4. The van der Waals surface area contributed by atoms with Gasteiger partial charge in [-0.3, -0.25) is 10.4 Å². The second-order valence-electron chi connectivity index (χ2n) is 9.76. The lowest BCUT2D eigenvalue weighted by atomic mass is 10.2. The van der Waals surface area contributed by atoms with Gasteiger partial charge in [-0.1, -0.05) is 12.1 Å². The van der Waals surface area contributed by atoms with Gasteiger partial charge in [0.25, 0.3) is 11.8 Å². The molecule has 4 N–H and O–H groups in total. The van der Waals surface area contributed by atoms with Gasteiger partial charge in [0.15, 0.2) is 11.5 Å². The number of halogens is 2. The maximum Gasteiger partial charge on any atom is 0.328 e. The van der Waals surface area contributed by atoms with E-state index in [0.29, 0.717) is 19.4 Å². The van der Waals surface area contributed by atoms with Crippen molar-refractivity contribution in [3.8, 4) is 29.0 Å². The van der Waals surface area contributed by atoms with Crippen LogP contribution in [0.15, 0.2) is 47.5 Å². The van der Waals surface area contributed by atoms with Gasteiger partial charge in [0.2, 0.25) is 11.6 Å². The Bertz CT molecular complexity index is 1570. The van der Waals surface area contributed by atoms with E-state index in [1.54, 1.807) is 25.1 Å². The minimum absolute atomic E-state index is 0.107. The molecule has 1 fully saturated rings. The number of anilines is 1. The zero-order chi connectivity index (χ0) is 30.0. The van der Waals surface area contributed by atoms with E-state index in [4.69, 9.17) is 25.4 Å². The third kappa shape index (κ3) is 5.62. The number of hydrogen-bond donors (Lipinski definition) is 3. The van der Waals surface area contributed by atoms with Gasteiger partial charge in [0, 0.05) is 31.3 Å². The number of nitrogens with zero attached hydrogens (tertiary/aromatic N) is 4. The lowest BCUT2D eigenvalue weighted by Crippen LogP contribution is -2.38. The lowest BCUT2D eigenvalue weighted by Gasteiger charge is -2.27. The van der Waals surface area contributed by atoms with Gasteiger partial charge >= 0.3 is 5.97 Å². The van der Waals surface area contributed by atoms with E-state index in [-0.39, 0.29) is 36.0 Å². The Morgan fingerprint density at radius 1 is 1.14 bits per heavy atom. The van der Waals surface area contributed by atoms with Crippen LogP contribution in [-0.2, 0) is 9.53 Å². The number of carbonyl (C=O) groups is 1. The van der Waals surface area contributed by atoms with Crippen LogP contribution in [0.5, 0.6) is 29.0 Å². The van der Waals surface area contributed by atoms with Crippen molar-refractivity contribution < 1.29 is 32.9 Å². The van der Waals surface area contributed by atoms with Gasteiger partial charge in [-0.15, -0.1) is 0 Å². The first kappa shape index (κ1) is 28.6. The van der Waals surface area contributed by atoms with Crippen molar-refractivity contribution in [3.05, 3.63) is 65.2 Å². The van der Waals surface area contributed by atoms with E-state index in [2.05, 4.69) is 9.98 Å². The number of esters is 1. The molecule has 1 saturated heterocycles. The number of rotatable bonds is 9. The number of likely N-dealkylation sites (N-methyl/N-ethyl adjacent to an activating group) is 1. The summed E-state index contributed by atoms with van der Waals surface area (Å²) in [5, 5.41) is 18.0. The third-order valence-corrected chi connectivity index (χ3v) is 6.94. The number of phenolic OH excluding ortho intramolecular Hbond substituents is 1. The molecule has 42 heavy (non-hydrogen) atoms. The van der Waals surface area contributed by atoms with E-state index >= 15 is 8.78 Å². The highest BCUT2D eigenvalue weighted by atomic mass is 19.1. The summed E-state index contributed by atoms with van der Waals surface area (Å²) in [5.41, 5.74) is 5.90. The highest BCUT2D eigenvalue weighted by Gasteiger charge is 2.38. The van der Waals surface area contributed by atoms with Crippen molar-refractivity contribution in [3.63, 3.8) is 0 Å². The number of pyridine rings is 1. The van der Waals surface area contributed by atoms with Crippen molar-refractivity contribution in [2.24, 2.45) is 10.7 Å². The molecular formula is C29H30F2N6O5. The number of benzene rings is 2. The summed E-state index contributed by atoms with van der Waals surface area (Å²) in [6, 6.07) is 9.67. The molecule has 0 spiro atoms. The Labute approximate surface area is 240 Å². The van der Waals surface area contributed by atoms with Gasteiger partial charge in [-0.25, -0.2) is 4.79 Å². The summed E-state index contributed by atoms with van der Waals surface area (Å²) in [7, 11) is 1.91. The number of nitrogen functional groups attached to an aromatic ring is 1. The van der Waals surface area contributed by atoms with Gasteiger partial charge in [-0.2, -0.15) is 13.8 Å². The Morgan fingerprint density at radius 2 is 1.90 bits per heavy atom. The lowest BCUT2D eigenvalue weighted by molar-refractivity contribution is -0.144. The predicted octanol–water partition coefficient (Wildman–Crippen LogP) is 4.16. The zero-order valence-electron chi connectivity index (χ0n) is 23.1. The standard InChI is InChI=1S/C29H30F2N6O5/c1-3-40-29(39)19-8-5-12-37(19)24-22(30)27(41-18-7-4-6-17(14-18)26-34-11-13-36(26)2)35-28(23(24)31)42-21-15-16(25(32)33)9-10-20(21)38/h4,6-7,9-10,14-15,19,38H,3,5,8,11-13H2,1-2H3,(H3,32,33). The molecule has 0 aliphatic carbocycles. The molecule has 0 amide bonds. The monoisotopic (exact) mass is 580 g/mol. The van der Waals surface area contributed by atoms with Crippen molar-refractivity contribution in [1.29, 1.82) is 5.41 Å². The number of hydrogen-bond acceptors (Lipinski definition) is 10. The van der Waals surface area contributed by atoms with Crippen LogP contribution >= 0.6 is 0 Å². The Hall–Kier alpha value is -4.94.